The van der Waals surface area contributed by atoms with E-state index in [4.69, 9.17) is 9.72 Å². The number of pyridine rings is 1. The van der Waals surface area contributed by atoms with Crippen LogP contribution < -0.4 is 5.32 Å². The SMILES string of the molecule is Cc1ccc(C(C)(C)C(=O)N2CC[C@H](c3ccc4c(NC5CCOCC5)n[nH]c4n3)C2)cc1. The van der Waals surface area contributed by atoms with Gasteiger partial charge in [-0.15, -0.1) is 0 Å². The molecule has 0 spiro atoms. The number of rotatable bonds is 5. The van der Waals surface area contributed by atoms with Gasteiger partial charge in [0.1, 0.15) is 0 Å². The maximum absolute atomic E-state index is 13.4. The molecule has 0 bridgehead atoms. The van der Waals surface area contributed by atoms with E-state index in [9.17, 15) is 4.79 Å². The number of hydrogen-bond acceptors (Lipinski definition) is 5. The zero-order valence-electron chi connectivity index (χ0n) is 19.7. The lowest BCUT2D eigenvalue weighted by Crippen LogP contribution is -2.42. The Kier molecular flexibility index (Phi) is 5.83. The molecule has 7 heteroatoms. The number of carbonyl (C=O) groups excluding carboxylic acids is 1. The number of aromatic amines is 1. The summed E-state index contributed by atoms with van der Waals surface area (Å²) >= 11 is 0. The average molecular weight is 448 g/mol. The molecule has 7 nitrogen and oxygen atoms in total. The van der Waals surface area contributed by atoms with E-state index in [0.717, 1.165) is 67.1 Å². The van der Waals surface area contributed by atoms with Crippen LogP contribution >= 0.6 is 0 Å². The summed E-state index contributed by atoms with van der Waals surface area (Å²) in [4.78, 5) is 20.3. The van der Waals surface area contributed by atoms with Crippen molar-refractivity contribution in [1.82, 2.24) is 20.1 Å². The Morgan fingerprint density at radius 2 is 1.88 bits per heavy atom. The minimum atomic E-state index is -0.548. The first kappa shape index (κ1) is 21.9. The van der Waals surface area contributed by atoms with Crippen molar-refractivity contribution in [3.8, 4) is 0 Å². The summed E-state index contributed by atoms with van der Waals surface area (Å²) < 4.78 is 5.45. The van der Waals surface area contributed by atoms with Crippen molar-refractivity contribution in [3.63, 3.8) is 0 Å². The lowest BCUT2D eigenvalue weighted by atomic mass is 9.83. The molecule has 1 atom stereocenters. The highest BCUT2D eigenvalue weighted by molar-refractivity contribution is 5.88. The molecule has 1 aromatic carbocycles. The Balaban J connectivity index is 1.28. The molecule has 2 aliphatic heterocycles. The highest BCUT2D eigenvalue weighted by Gasteiger charge is 2.37. The third-order valence-corrected chi connectivity index (χ3v) is 7.21. The number of carbonyl (C=O) groups is 1. The Labute approximate surface area is 194 Å². The van der Waals surface area contributed by atoms with Gasteiger partial charge < -0.3 is 15.0 Å². The summed E-state index contributed by atoms with van der Waals surface area (Å²) in [5.41, 5.74) is 3.53. The van der Waals surface area contributed by atoms with Crippen LogP contribution in [0.25, 0.3) is 11.0 Å². The normalized spacial score (nSPS) is 19.8. The van der Waals surface area contributed by atoms with Gasteiger partial charge in [0.2, 0.25) is 5.91 Å². The maximum atomic E-state index is 13.4. The minimum absolute atomic E-state index is 0.180. The van der Waals surface area contributed by atoms with Crippen LogP contribution in [0.3, 0.4) is 0 Å². The third kappa shape index (κ3) is 4.34. The molecule has 2 fully saturated rings. The fourth-order valence-corrected chi connectivity index (χ4v) is 4.97. The Morgan fingerprint density at radius 3 is 2.64 bits per heavy atom. The third-order valence-electron chi connectivity index (χ3n) is 7.21. The molecular weight excluding hydrogens is 414 g/mol. The number of nitrogens with one attached hydrogen (secondary N) is 2. The number of anilines is 1. The molecule has 4 heterocycles. The van der Waals surface area contributed by atoms with Gasteiger partial charge in [-0.3, -0.25) is 9.89 Å². The summed E-state index contributed by atoms with van der Waals surface area (Å²) in [5, 5.41) is 12.1. The van der Waals surface area contributed by atoms with Crippen LogP contribution in [0.15, 0.2) is 36.4 Å². The highest BCUT2D eigenvalue weighted by Crippen LogP contribution is 2.33. The number of likely N-dealkylation sites (tertiary alicyclic amines) is 1. The summed E-state index contributed by atoms with van der Waals surface area (Å²) in [6.07, 6.45) is 2.91. The van der Waals surface area contributed by atoms with Crippen molar-refractivity contribution >= 4 is 22.8 Å². The predicted octanol–water partition coefficient (Wildman–Crippen LogP) is 4.15. The van der Waals surface area contributed by atoms with Crippen molar-refractivity contribution < 1.29 is 9.53 Å². The maximum Gasteiger partial charge on any atom is 0.232 e. The Hall–Kier alpha value is -2.93. The molecule has 0 aliphatic carbocycles. The average Bonchev–Trinajstić information content (AvgIpc) is 3.47. The van der Waals surface area contributed by atoms with E-state index in [1.165, 1.54) is 5.56 Å². The van der Waals surface area contributed by atoms with Crippen LogP contribution in [0, 0.1) is 6.92 Å². The Morgan fingerprint density at radius 1 is 1.12 bits per heavy atom. The zero-order chi connectivity index (χ0) is 23.0. The molecule has 174 valence electrons. The van der Waals surface area contributed by atoms with Gasteiger partial charge in [0.25, 0.3) is 0 Å². The number of fused-ring (bicyclic) bond motifs is 1. The molecular formula is C26H33N5O2. The lowest BCUT2D eigenvalue weighted by molar-refractivity contribution is -0.135. The number of hydrogen-bond donors (Lipinski definition) is 2. The summed E-state index contributed by atoms with van der Waals surface area (Å²) in [5.74, 6) is 1.28. The molecule has 2 aliphatic rings. The van der Waals surface area contributed by atoms with Gasteiger partial charge in [-0.1, -0.05) is 29.8 Å². The minimum Gasteiger partial charge on any atom is -0.381 e. The first-order chi connectivity index (χ1) is 15.9. The fourth-order valence-electron chi connectivity index (χ4n) is 4.97. The van der Waals surface area contributed by atoms with E-state index in [2.05, 4.69) is 58.8 Å². The predicted molar refractivity (Wildman–Crippen MR) is 129 cm³/mol. The van der Waals surface area contributed by atoms with E-state index < -0.39 is 5.41 Å². The van der Waals surface area contributed by atoms with Crippen molar-refractivity contribution in [3.05, 3.63) is 53.2 Å². The highest BCUT2D eigenvalue weighted by atomic mass is 16.5. The van der Waals surface area contributed by atoms with Crippen LogP contribution in [-0.2, 0) is 14.9 Å². The fraction of sp³-hybridized carbons (Fsp3) is 0.500. The van der Waals surface area contributed by atoms with E-state index in [0.29, 0.717) is 12.6 Å². The summed E-state index contributed by atoms with van der Waals surface area (Å²) in [6, 6.07) is 12.9. The summed E-state index contributed by atoms with van der Waals surface area (Å²) in [6.45, 7) is 9.16. The zero-order valence-corrected chi connectivity index (χ0v) is 19.7. The van der Waals surface area contributed by atoms with Crippen LogP contribution in [-0.4, -0.2) is 58.3 Å². The van der Waals surface area contributed by atoms with Crippen LogP contribution in [0.1, 0.15) is 55.8 Å². The van der Waals surface area contributed by atoms with Crippen molar-refractivity contribution in [1.29, 1.82) is 0 Å². The van der Waals surface area contributed by atoms with Gasteiger partial charge in [-0.05, 0) is 57.7 Å². The van der Waals surface area contributed by atoms with Gasteiger partial charge in [-0.2, -0.15) is 5.10 Å². The molecule has 1 amide bonds. The van der Waals surface area contributed by atoms with Gasteiger partial charge in [-0.25, -0.2) is 4.98 Å². The number of benzene rings is 1. The van der Waals surface area contributed by atoms with Gasteiger partial charge >= 0.3 is 0 Å². The smallest absolute Gasteiger partial charge is 0.232 e. The second kappa shape index (κ2) is 8.78. The van der Waals surface area contributed by atoms with Crippen molar-refractivity contribution in [2.75, 3.05) is 31.6 Å². The number of H-pyrrole nitrogens is 1. The van der Waals surface area contributed by atoms with E-state index in [1.54, 1.807) is 0 Å². The standard InChI is InChI=1S/C26H33N5O2/c1-17-4-6-19(7-5-17)26(2,3)25(32)31-13-10-18(16-31)22-9-8-21-23(29-30-24(21)28-22)27-20-11-14-33-15-12-20/h4-9,18,20H,10-16H2,1-3H3,(H2,27,28,29,30)/t18-/m0/s1. The van der Waals surface area contributed by atoms with Crippen LogP contribution in [0.4, 0.5) is 5.82 Å². The van der Waals surface area contributed by atoms with Crippen molar-refractivity contribution in [2.24, 2.45) is 0 Å². The number of ether oxygens (including phenoxy) is 1. The monoisotopic (exact) mass is 447 g/mol. The quantitative estimate of drug-likeness (QED) is 0.614. The number of aromatic nitrogens is 3. The molecule has 5 rings (SSSR count). The van der Waals surface area contributed by atoms with Crippen LogP contribution in [0.5, 0.6) is 0 Å². The first-order valence-electron chi connectivity index (χ1n) is 12.0. The van der Waals surface area contributed by atoms with Crippen molar-refractivity contribution in [2.45, 2.75) is 57.4 Å². The molecule has 2 N–H and O–H groups in total. The van der Waals surface area contributed by atoms with E-state index in [-0.39, 0.29) is 11.8 Å². The summed E-state index contributed by atoms with van der Waals surface area (Å²) in [7, 11) is 0. The molecule has 2 saturated heterocycles. The molecule has 0 radical (unpaired) electrons. The molecule has 2 aromatic heterocycles. The molecule has 0 unspecified atom stereocenters. The van der Waals surface area contributed by atoms with Gasteiger partial charge in [0, 0.05) is 44.0 Å². The number of nitrogens with zero attached hydrogens (tertiary/aromatic N) is 3. The lowest BCUT2D eigenvalue weighted by Gasteiger charge is -2.30. The second-order valence-electron chi connectivity index (χ2n) is 9.96. The molecule has 3 aromatic rings. The topological polar surface area (TPSA) is 83.1 Å². The molecule has 33 heavy (non-hydrogen) atoms. The molecule has 0 saturated carbocycles. The Bertz CT molecular complexity index is 1130. The number of amides is 1. The largest absolute Gasteiger partial charge is 0.381 e. The number of aryl methyl sites for hydroxylation is 1. The van der Waals surface area contributed by atoms with E-state index >= 15 is 0 Å². The van der Waals surface area contributed by atoms with Crippen LogP contribution in [0.2, 0.25) is 0 Å². The van der Waals surface area contributed by atoms with E-state index in [1.807, 2.05) is 18.7 Å². The second-order valence-corrected chi connectivity index (χ2v) is 9.96. The van der Waals surface area contributed by atoms with Gasteiger partial charge in [0.15, 0.2) is 11.5 Å². The van der Waals surface area contributed by atoms with Gasteiger partial charge in [0.05, 0.1) is 10.8 Å². The first-order valence-corrected chi connectivity index (χ1v) is 12.0.